The van der Waals surface area contributed by atoms with Crippen molar-refractivity contribution in [3.8, 4) is 0 Å². The third-order valence-corrected chi connectivity index (χ3v) is 6.34. The summed E-state index contributed by atoms with van der Waals surface area (Å²) in [6.07, 6.45) is 10.4. The standard InChI is InChI=1S/C24H29N5/c1-3-22(13-25-10-1)14-27-15-23-8-9-24(19-27)28(17-23)16-20-4-6-21(7-5-20)18-29-12-2-11-26-29/h1-7,10-13,23-24H,8-9,14-19H2/t23-,24+/m1/s1. The molecule has 0 spiro atoms. The first-order valence-electron chi connectivity index (χ1n) is 10.7. The van der Waals surface area contributed by atoms with Crippen LogP contribution in [0.5, 0.6) is 0 Å². The molecule has 5 heteroatoms. The number of pyridine rings is 1. The summed E-state index contributed by atoms with van der Waals surface area (Å²) in [6, 6.07) is 16.0. The zero-order valence-electron chi connectivity index (χ0n) is 16.9. The summed E-state index contributed by atoms with van der Waals surface area (Å²) >= 11 is 0. The molecular formula is C24H29N5. The third-order valence-electron chi connectivity index (χ3n) is 6.34. The molecule has 5 heterocycles. The molecule has 0 saturated carbocycles. The van der Waals surface area contributed by atoms with Gasteiger partial charge in [0.1, 0.15) is 0 Å². The van der Waals surface area contributed by atoms with Gasteiger partial charge in [-0.2, -0.15) is 5.10 Å². The minimum Gasteiger partial charge on any atom is -0.297 e. The van der Waals surface area contributed by atoms with Crippen LogP contribution in [0.15, 0.2) is 67.3 Å². The number of piperidine rings is 1. The lowest BCUT2D eigenvalue weighted by Crippen LogP contribution is -2.43. The molecule has 0 N–H and O–H groups in total. The van der Waals surface area contributed by atoms with E-state index in [0.29, 0.717) is 6.04 Å². The lowest BCUT2D eigenvalue weighted by molar-refractivity contribution is 0.123. The Labute approximate surface area is 173 Å². The summed E-state index contributed by atoms with van der Waals surface area (Å²) in [5.41, 5.74) is 4.05. The van der Waals surface area contributed by atoms with Crippen molar-refractivity contribution in [2.24, 2.45) is 5.92 Å². The predicted molar refractivity (Wildman–Crippen MR) is 114 cm³/mol. The van der Waals surface area contributed by atoms with Gasteiger partial charge in [0.15, 0.2) is 0 Å². The predicted octanol–water partition coefficient (Wildman–Crippen LogP) is 3.42. The first-order valence-corrected chi connectivity index (χ1v) is 10.7. The van der Waals surface area contributed by atoms with Crippen LogP contribution in [-0.4, -0.2) is 50.2 Å². The van der Waals surface area contributed by atoms with E-state index in [9.17, 15) is 0 Å². The number of rotatable bonds is 6. The fourth-order valence-corrected chi connectivity index (χ4v) is 4.91. The van der Waals surface area contributed by atoms with Crippen LogP contribution >= 0.6 is 0 Å². The Bertz CT molecular complexity index is 891. The number of fused-ring (bicyclic) bond motifs is 4. The first-order chi connectivity index (χ1) is 14.3. The molecule has 3 saturated heterocycles. The summed E-state index contributed by atoms with van der Waals surface area (Å²) in [7, 11) is 0. The van der Waals surface area contributed by atoms with Crippen molar-refractivity contribution in [2.75, 3.05) is 19.6 Å². The van der Waals surface area contributed by atoms with Crippen molar-refractivity contribution in [2.45, 2.75) is 38.5 Å². The highest BCUT2D eigenvalue weighted by Gasteiger charge is 2.34. The van der Waals surface area contributed by atoms with Crippen LogP contribution in [0.25, 0.3) is 0 Å². The zero-order valence-corrected chi connectivity index (χ0v) is 16.9. The van der Waals surface area contributed by atoms with Crippen LogP contribution in [0.1, 0.15) is 29.5 Å². The number of hydrogen-bond acceptors (Lipinski definition) is 4. The molecule has 3 fully saturated rings. The average Bonchev–Trinajstić information content (AvgIpc) is 3.11. The molecule has 29 heavy (non-hydrogen) atoms. The Balaban J connectivity index is 1.22. The Morgan fingerprint density at radius 2 is 1.66 bits per heavy atom. The number of nitrogens with zero attached hydrogens (tertiary/aromatic N) is 5. The minimum absolute atomic E-state index is 0.661. The summed E-state index contributed by atoms with van der Waals surface area (Å²) in [6.45, 7) is 6.53. The van der Waals surface area contributed by atoms with Gasteiger partial charge in [0.05, 0.1) is 6.54 Å². The van der Waals surface area contributed by atoms with E-state index < -0.39 is 0 Å². The Morgan fingerprint density at radius 3 is 2.41 bits per heavy atom. The second-order valence-electron chi connectivity index (χ2n) is 8.60. The van der Waals surface area contributed by atoms with Gasteiger partial charge in [-0.25, -0.2) is 0 Å². The first kappa shape index (κ1) is 18.5. The smallest absolute Gasteiger partial charge is 0.0659 e. The summed E-state index contributed by atoms with van der Waals surface area (Å²) in [5, 5.41) is 4.30. The van der Waals surface area contributed by atoms with Gasteiger partial charge in [-0.3, -0.25) is 19.5 Å². The summed E-state index contributed by atoms with van der Waals surface area (Å²) in [4.78, 5) is 9.65. The molecule has 2 atom stereocenters. The molecular weight excluding hydrogens is 358 g/mol. The Morgan fingerprint density at radius 1 is 0.793 bits per heavy atom. The lowest BCUT2D eigenvalue weighted by Gasteiger charge is -2.36. The monoisotopic (exact) mass is 387 g/mol. The molecule has 2 bridgehead atoms. The highest BCUT2D eigenvalue weighted by Crippen LogP contribution is 2.30. The molecule has 1 aromatic carbocycles. The van der Waals surface area contributed by atoms with E-state index in [2.05, 4.69) is 50.2 Å². The van der Waals surface area contributed by atoms with Crippen LogP contribution in [0.4, 0.5) is 0 Å². The molecule has 3 aliphatic heterocycles. The Hall–Kier alpha value is -2.50. The minimum atomic E-state index is 0.661. The molecule has 6 rings (SSSR count). The fraction of sp³-hybridized carbons (Fsp3) is 0.417. The SMILES string of the molecule is c1cncc(CN2C[C@H]3CC[C@@H](C2)N(Cc2ccc(Cn4cccn4)cc2)C3)c1. The quantitative estimate of drug-likeness (QED) is 0.649. The van der Waals surface area contributed by atoms with Gasteiger partial charge in [0.25, 0.3) is 0 Å². The number of benzene rings is 1. The summed E-state index contributed by atoms with van der Waals surface area (Å²) in [5.74, 6) is 0.782. The Kier molecular flexibility index (Phi) is 5.41. The number of hydrogen-bond donors (Lipinski definition) is 0. The van der Waals surface area contributed by atoms with Crippen LogP contribution in [0.2, 0.25) is 0 Å². The maximum absolute atomic E-state index is 4.30. The molecule has 3 aromatic rings. The maximum atomic E-state index is 4.30. The molecule has 0 radical (unpaired) electrons. The third kappa shape index (κ3) is 4.57. The van der Waals surface area contributed by atoms with Crippen molar-refractivity contribution in [3.05, 3.63) is 83.9 Å². The molecule has 0 aliphatic carbocycles. The van der Waals surface area contributed by atoms with Gasteiger partial charge in [-0.15, -0.1) is 0 Å². The molecule has 0 unspecified atom stereocenters. The topological polar surface area (TPSA) is 37.2 Å². The van der Waals surface area contributed by atoms with E-state index >= 15 is 0 Å². The van der Waals surface area contributed by atoms with Crippen molar-refractivity contribution < 1.29 is 0 Å². The highest BCUT2D eigenvalue weighted by atomic mass is 15.3. The largest absolute Gasteiger partial charge is 0.297 e. The van der Waals surface area contributed by atoms with Gasteiger partial charge in [-0.1, -0.05) is 30.3 Å². The van der Waals surface area contributed by atoms with E-state index in [0.717, 1.165) is 25.6 Å². The lowest BCUT2D eigenvalue weighted by atomic mass is 9.94. The molecule has 2 aromatic heterocycles. The fourth-order valence-electron chi connectivity index (χ4n) is 4.91. The zero-order chi connectivity index (χ0) is 19.5. The van der Waals surface area contributed by atoms with Crippen LogP contribution in [0, 0.1) is 5.92 Å². The van der Waals surface area contributed by atoms with E-state index in [1.165, 1.54) is 49.2 Å². The van der Waals surface area contributed by atoms with Crippen LogP contribution in [0.3, 0.4) is 0 Å². The van der Waals surface area contributed by atoms with E-state index in [4.69, 9.17) is 0 Å². The van der Waals surface area contributed by atoms with E-state index in [-0.39, 0.29) is 0 Å². The normalized spacial score (nSPS) is 22.6. The van der Waals surface area contributed by atoms with Gasteiger partial charge in [-0.05, 0) is 47.6 Å². The van der Waals surface area contributed by atoms with Crippen molar-refractivity contribution in [1.29, 1.82) is 0 Å². The molecule has 5 nitrogen and oxygen atoms in total. The van der Waals surface area contributed by atoms with E-state index in [1.807, 2.05) is 41.6 Å². The maximum Gasteiger partial charge on any atom is 0.0659 e. The molecule has 150 valence electrons. The highest BCUT2D eigenvalue weighted by molar-refractivity contribution is 5.23. The van der Waals surface area contributed by atoms with Crippen LogP contribution in [-0.2, 0) is 19.6 Å². The van der Waals surface area contributed by atoms with Gasteiger partial charge in [0, 0.05) is 63.6 Å². The van der Waals surface area contributed by atoms with E-state index in [1.54, 1.807) is 0 Å². The average molecular weight is 388 g/mol. The van der Waals surface area contributed by atoms with Crippen molar-refractivity contribution in [3.63, 3.8) is 0 Å². The molecule has 3 aliphatic rings. The second-order valence-corrected chi connectivity index (χ2v) is 8.60. The van der Waals surface area contributed by atoms with Gasteiger partial charge < -0.3 is 0 Å². The number of aromatic nitrogens is 3. The van der Waals surface area contributed by atoms with Crippen LogP contribution < -0.4 is 0 Å². The molecule has 0 amide bonds. The van der Waals surface area contributed by atoms with Crippen molar-refractivity contribution >= 4 is 0 Å². The van der Waals surface area contributed by atoms with Gasteiger partial charge in [0.2, 0.25) is 0 Å². The summed E-state index contributed by atoms with van der Waals surface area (Å²) < 4.78 is 1.97. The van der Waals surface area contributed by atoms with Gasteiger partial charge >= 0.3 is 0 Å². The second kappa shape index (κ2) is 8.47. The van der Waals surface area contributed by atoms with Crippen molar-refractivity contribution in [1.82, 2.24) is 24.6 Å².